The van der Waals surface area contributed by atoms with Gasteiger partial charge in [-0.25, -0.2) is 9.18 Å². The van der Waals surface area contributed by atoms with Crippen molar-refractivity contribution in [2.45, 2.75) is 0 Å². The zero-order valence-corrected chi connectivity index (χ0v) is 9.55. The molecule has 0 bridgehead atoms. The fraction of sp³-hybridized carbons (Fsp3) is 0. The Morgan fingerprint density at radius 1 is 1.00 bits per heavy atom. The first-order chi connectivity index (χ1) is 8.75. The molecule has 0 saturated heterocycles. The Bertz CT molecular complexity index is 544. The molecule has 0 atom stereocenters. The highest BCUT2D eigenvalue weighted by molar-refractivity contribution is 5.89. The predicted octanol–water partition coefficient (Wildman–Crippen LogP) is 3.65. The molecule has 2 aromatic rings. The van der Waals surface area contributed by atoms with Crippen LogP contribution in [0.25, 0.3) is 6.08 Å². The van der Waals surface area contributed by atoms with Crippen LogP contribution in [-0.2, 0) is 4.74 Å². The minimum absolute atomic E-state index is 0.298. The summed E-state index contributed by atoms with van der Waals surface area (Å²) in [5.41, 5.74) is 1.25. The summed E-state index contributed by atoms with van der Waals surface area (Å²) in [5, 5.41) is 0. The number of esters is 1. The van der Waals surface area contributed by atoms with E-state index in [9.17, 15) is 9.18 Å². The van der Waals surface area contributed by atoms with Gasteiger partial charge in [-0.05, 0) is 35.9 Å². The van der Waals surface area contributed by atoms with Gasteiger partial charge in [-0.3, -0.25) is 0 Å². The number of carbonyl (C=O) groups is 1. The molecular weight excluding hydrogens is 231 g/mol. The molecule has 0 aliphatic carbocycles. The first kappa shape index (κ1) is 12.0. The largest absolute Gasteiger partial charge is 0.431 e. The maximum absolute atomic E-state index is 12.6. The molecule has 0 amide bonds. The zero-order valence-electron chi connectivity index (χ0n) is 9.55. The van der Waals surface area contributed by atoms with Gasteiger partial charge in [0.05, 0.1) is 11.8 Å². The second-order valence-corrected chi connectivity index (χ2v) is 3.63. The maximum atomic E-state index is 12.6. The lowest BCUT2D eigenvalue weighted by Gasteiger charge is -1.98. The number of benzene rings is 2. The molecule has 18 heavy (non-hydrogen) atoms. The summed E-state index contributed by atoms with van der Waals surface area (Å²) in [6.45, 7) is 0. The van der Waals surface area contributed by atoms with Crippen LogP contribution in [0.3, 0.4) is 0 Å². The van der Waals surface area contributed by atoms with Gasteiger partial charge in [0.2, 0.25) is 0 Å². The SMILES string of the molecule is O=C(O/C=C/c1ccc(F)cc1)c1ccccc1. The van der Waals surface area contributed by atoms with Crippen molar-refractivity contribution < 1.29 is 13.9 Å². The van der Waals surface area contributed by atoms with Crippen molar-refractivity contribution in [3.8, 4) is 0 Å². The van der Waals surface area contributed by atoms with Gasteiger partial charge < -0.3 is 4.74 Å². The second kappa shape index (κ2) is 5.77. The van der Waals surface area contributed by atoms with E-state index in [0.717, 1.165) is 5.56 Å². The molecule has 2 aromatic carbocycles. The van der Waals surface area contributed by atoms with Crippen LogP contribution < -0.4 is 0 Å². The molecule has 0 aromatic heterocycles. The molecule has 90 valence electrons. The van der Waals surface area contributed by atoms with Crippen molar-refractivity contribution in [1.29, 1.82) is 0 Å². The molecule has 3 heteroatoms. The third-order valence-corrected chi connectivity index (χ3v) is 2.32. The highest BCUT2D eigenvalue weighted by atomic mass is 19.1. The van der Waals surface area contributed by atoms with Gasteiger partial charge in [-0.15, -0.1) is 0 Å². The third kappa shape index (κ3) is 3.28. The Morgan fingerprint density at radius 2 is 1.67 bits per heavy atom. The molecule has 0 heterocycles. The molecular formula is C15H11FO2. The summed E-state index contributed by atoms with van der Waals surface area (Å²) in [6, 6.07) is 14.6. The van der Waals surface area contributed by atoms with Gasteiger partial charge in [-0.1, -0.05) is 30.3 Å². The van der Waals surface area contributed by atoms with Crippen molar-refractivity contribution in [2.75, 3.05) is 0 Å². The van der Waals surface area contributed by atoms with E-state index in [1.807, 2.05) is 6.07 Å². The van der Waals surface area contributed by atoms with Crippen molar-refractivity contribution in [3.05, 3.63) is 77.8 Å². The standard InChI is InChI=1S/C15H11FO2/c16-14-8-6-12(7-9-14)10-11-18-15(17)13-4-2-1-3-5-13/h1-11H/b11-10+. The van der Waals surface area contributed by atoms with Crippen molar-refractivity contribution in [3.63, 3.8) is 0 Å². The van der Waals surface area contributed by atoms with Crippen molar-refractivity contribution in [1.82, 2.24) is 0 Å². The number of hydrogen-bond donors (Lipinski definition) is 0. The summed E-state index contributed by atoms with van der Waals surface area (Å²) in [6.07, 6.45) is 2.89. The van der Waals surface area contributed by atoms with E-state index < -0.39 is 5.97 Å². The number of rotatable bonds is 3. The average Bonchev–Trinajstić information content (AvgIpc) is 2.42. The lowest BCUT2D eigenvalue weighted by molar-refractivity contribution is 0.0665. The summed E-state index contributed by atoms with van der Waals surface area (Å²) < 4.78 is 17.6. The van der Waals surface area contributed by atoms with Crippen LogP contribution in [0.2, 0.25) is 0 Å². The van der Waals surface area contributed by atoms with Crippen molar-refractivity contribution >= 4 is 12.0 Å². The fourth-order valence-corrected chi connectivity index (χ4v) is 1.39. The average molecular weight is 242 g/mol. The van der Waals surface area contributed by atoms with Crippen LogP contribution in [0.15, 0.2) is 60.9 Å². The van der Waals surface area contributed by atoms with Gasteiger partial charge in [0.25, 0.3) is 0 Å². The monoisotopic (exact) mass is 242 g/mol. The minimum atomic E-state index is -0.422. The molecule has 0 unspecified atom stereocenters. The molecule has 0 radical (unpaired) electrons. The Balaban J connectivity index is 1.96. The number of hydrogen-bond acceptors (Lipinski definition) is 2. The molecule has 0 aliphatic heterocycles. The van der Waals surface area contributed by atoms with Gasteiger partial charge in [0, 0.05) is 0 Å². The number of ether oxygens (including phenoxy) is 1. The molecule has 0 fully saturated rings. The van der Waals surface area contributed by atoms with Crippen molar-refractivity contribution in [2.24, 2.45) is 0 Å². The van der Waals surface area contributed by atoms with E-state index in [-0.39, 0.29) is 5.82 Å². The van der Waals surface area contributed by atoms with Gasteiger partial charge in [-0.2, -0.15) is 0 Å². The van der Waals surface area contributed by atoms with E-state index in [2.05, 4.69) is 0 Å². The molecule has 0 aliphatic rings. The summed E-state index contributed by atoms with van der Waals surface area (Å²) in [5.74, 6) is -0.720. The zero-order chi connectivity index (χ0) is 12.8. The molecule has 0 spiro atoms. The minimum Gasteiger partial charge on any atom is -0.431 e. The first-order valence-corrected chi connectivity index (χ1v) is 5.44. The Labute approximate surface area is 104 Å². The summed E-state index contributed by atoms with van der Waals surface area (Å²) in [7, 11) is 0. The van der Waals surface area contributed by atoms with E-state index in [4.69, 9.17) is 4.74 Å². The van der Waals surface area contributed by atoms with Crippen LogP contribution in [0.5, 0.6) is 0 Å². The highest BCUT2D eigenvalue weighted by Crippen LogP contribution is 2.06. The topological polar surface area (TPSA) is 26.3 Å². The summed E-state index contributed by atoms with van der Waals surface area (Å²) in [4.78, 5) is 11.6. The van der Waals surface area contributed by atoms with E-state index in [1.165, 1.54) is 18.4 Å². The van der Waals surface area contributed by atoms with Gasteiger partial charge >= 0.3 is 5.97 Å². The molecule has 0 N–H and O–H groups in total. The Kier molecular flexibility index (Phi) is 3.86. The third-order valence-electron chi connectivity index (χ3n) is 2.32. The van der Waals surface area contributed by atoms with Crippen LogP contribution in [0, 0.1) is 5.82 Å². The lowest BCUT2D eigenvalue weighted by Crippen LogP contribution is -1.99. The van der Waals surface area contributed by atoms with Crippen LogP contribution >= 0.6 is 0 Å². The second-order valence-electron chi connectivity index (χ2n) is 3.63. The summed E-state index contributed by atoms with van der Waals surface area (Å²) >= 11 is 0. The maximum Gasteiger partial charge on any atom is 0.342 e. The fourth-order valence-electron chi connectivity index (χ4n) is 1.39. The molecule has 2 nitrogen and oxygen atoms in total. The van der Waals surface area contributed by atoms with Gasteiger partial charge in [0.15, 0.2) is 0 Å². The smallest absolute Gasteiger partial charge is 0.342 e. The number of halogens is 1. The molecule has 0 saturated carbocycles. The predicted molar refractivity (Wildman–Crippen MR) is 67.3 cm³/mol. The normalized spacial score (nSPS) is 10.5. The van der Waals surface area contributed by atoms with E-state index in [0.29, 0.717) is 5.56 Å². The first-order valence-electron chi connectivity index (χ1n) is 5.44. The Morgan fingerprint density at radius 3 is 2.33 bits per heavy atom. The quantitative estimate of drug-likeness (QED) is 0.606. The highest BCUT2D eigenvalue weighted by Gasteiger charge is 2.02. The van der Waals surface area contributed by atoms with Gasteiger partial charge in [0.1, 0.15) is 5.82 Å². The number of carbonyl (C=O) groups excluding carboxylic acids is 1. The van der Waals surface area contributed by atoms with E-state index >= 15 is 0 Å². The van der Waals surface area contributed by atoms with Crippen LogP contribution in [0.1, 0.15) is 15.9 Å². The Hall–Kier alpha value is -2.42. The van der Waals surface area contributed by atoms with E-state index in [1.54, 1.807) is 42.5 Å². The van der Waals surface area contributed by atoms with Crippen LogP contribution in [0.4, 0.5) is 4.39 Å². The molecule has 2 rings (SSSR count). The van der Waals surface area contributed by atoms with Crippen LogP contribution in [-0.4, -0.2) is 5.97 Å². The lowest BCUT2D eigenvalue weighted by atomic mass is 10.2.